The van der Waals surface area contributed by atoms with E-state index < -0.39 is 0 Å². The van der Waals surface area contributed by atoms with Crippen molar-refractivity contribution in [1.82, 2.24) is 0 Å². The lowest BCUT2D eigenvalue weighted by Crippen LogP contribution is -2.41. The Kier molecular flexibility index (Phi) is 3.39. The van der Waals surface area contributed by atoms with Gasteiger partial charge in [-0.25, -0.2) is 0 Å². The molecule has 18 heavy (non-hydrogen) atoms. The van der Waals surface area contributed by atoms with Crippen LogP contribution < -0.4 is 0 Å². The molecule has 0 atom stereocenters. The lowest BCUT2D eigenvalue weighted by molar-refractivity contribution is 0.00578. The first-order valence-electron chi connectivity index (χ1n) is 6.41. The van der Waals surface area contributed by atoms with Crippen molar-refractivity contribution >= 4 is 13.2 Å². The molecule has 1 fully saturated rings. The zero-order chi connectivity index (χ0) is 13.4. The molecule has 3 heteroatoms. The van der Waals surface area contributed by atoms with Crippen LogP contribution in [0.3, 0.4) is 0 Å². The van der Waals surface area contributed by atoms with Crippen molar-refractivity contribution in [3.8, 4) is 0 Å². The van der Waals surface area contributed by atoms with Crippen LogP contribution in [0.15, 0.2) is 30.2 Å². The molecule has 1 aliphatic heterocycles. The summed E-state index contributed by atoms with van der Waals surface area (Å²) in [5, 5.41) is 0. The molecular formula is C15H21BO2. The van der Waals surface area contributed by atoms with Gasteiger partial charge in [-0.2, -0.15) is 0 Å². The van der Waals surface area contributed by atoms with E-state index in [2.05, 4.69) is 52.8 Å². The number of hydrogen-bond acceptors (Lipinski definition) is 2. The molecule has 0 bridgehead atoms. The van der Waals surface area contributed by atoms with Crippen LogP contribution in [0.2, 0.25) is 0 Å². The molecule has 0 aromatic heterocycles. The smallest absolute Gasteiger partial charge is 0.400 e. The van der Waals surface area contributed by atoms with Crippen LogP contribution in [0.5, 0.6) is 0 Å². The summed E-state index contributed by atoms with van der Waals surface area (Å²) in [5.74, 6) is 1.98. The van der Waals surface area contributed by atoms with Crippen molar-refractivity contribution in [2.24, 2.45) is 0 Å². The first-order valence-corrected chi connectivity index (χ1v) is 6.41. The SMILES string of the molecule is Cc1ccccc1C=CB1OC(C)(C)C(C)(C)O1. The molecule has 0 spiro atoms. The van der Waals surface area contributed by atoms with Crippen LogP contribution in [0, 0.1) is 6.92 Å². The van der Waals surface area contributed by atoms with Gasteiger partial charge in [-0.1, -0.05) is 36.3 Å². The summed E-state index contributed by atoms with van der Waals surface area (Å²) in [5.41, 5.74) is 1.92. The molecule has 1 heterocycles. The van der Waals surface area contributed by atoms with E-state index in [0.717, 1.165) is 0 Å². The third kappa shape index (κ3) is 2.52. The molecular weight excluding hydrogens is 223 g/mol. The lowest BCUT2D eigenvalue weighted by Gasteiger charge is -2.32. The van der Waals surface area contributed by atoms with E-state index in [-0.39, 0.29) is 18.3 Å². The van der Waals surface area contributed by atoms with Crippen LogP contribution in [0.25, 0.3) is 6.08 Å². The molecule has 0 saturated carbocycles. The number of hydrogen-bond donors (Lipinski definition) is 0. The van der Waals surface area contributed by atoms with Gasteiger partial charge in [0, 0.05) is 0 Å². The average molecular weight is 244 g/mol. The summed E-state index contributed by atoms with van der Waals surface area (Å²) in [6.07, 6.45) is 2.07. The van der Waals surface area contributed by atoms with Gasteiger partial charge in [0.2, 0.25) is 0 Å². The summed E-state index contributed by atoms with van der Waals surface area (Å²) in [6.45, 7) is 10.4. The highest BCUT2D eigenvalue weighted by Crippen LogP contribution is 2.37. The Balaban J connectivity index is 2.11. The Morgan fingerprint density at radius 2 is 1.56 bits per heavy atom. The standard InChI is InChI=1S/C15H21BO2/c1-12-8-6-7-9-13(12)10-11-16-17-14(2,3)15(4,5)18-16/h6-11H,1-5H3. The van der Waals surface area contributed by atoms with Crippen LogP contribution in [-0.4, -0.2) is 18.3 Å². The van der Waals surface area contributed by atoms with Crippen LogP contribution in [-0.2, 0) is 9.31 Å². The largest absolute Gasteiger partial charge is 0.487 e. The lowest BCUT2D eigenvalue weighted by atomic mass is 9.88. The monoisotopic (exact) mass is 244 g/mol. The highest BCUT2D eigenvalue weighted by atomic mass is 16.7. The zero-order valence-corrected chi connectivity index (χ0v) is 11.9. The normalized spacial score (nSPS) is 21.7. The summed E-state index contributed by atoms with van der Waals surface area (Å²) in [6, 6.07) is 8.28. The van der Waals surface area contributed by atoms with Gasteiger partial charge in [-0.3, -0.25) is 0 Å². The van der Waals surface area contributed by atoms with Gasteiger partial charge in [0.25, 0.3) is 0 Å². The van der Waals surface area contributed by atoms with E-state index in [4.69, 9.17) is 9.31 Å². The molecule has 1 saturated heterocycles. The Bertz CT molecular complexity index is 447. The molecule has 0 radical (unpaired) electrons. The number of aryl methyl sites for hydroxylation is 1. The van der Waals surface area contributed by atoms with E-state index in [1.807, 2.05) is 18.1 Å². The minimum Gasteiger partial charge on any atom is -0.400 e. The second-order valence-corrected chi connectivity index (χ2v) is 5.84. The topological polar surface area (TPSA) is 18.5 Å². The fourth-order valence-electron chi connectivity index (χ4n) is 1.92. The average Bonchev–Trinajstić information content (AvgIpc) is 2.46. The summed E-state index contributed by atoms with van der Waals surface area (Å²) >= 11 is 0. The van der Waals surface area contributed by atoms with Crippen molar-refractivity contribution in [3.63, 3.8) is 0 Å². The Morgan fingerprint density at radius 3 is 2.11 bits per heavy atom. The quantitative estimate of drug-likeness (QED) is 0.739. The number of rotatable bonds is 2. The van der Waals surface area contributed by atoms with Gasteiger partial charge in [-0.05, 0) is 45.7 Å². The predicted octanol–water partition coefficient (Wildman–Crippen LogP) is 3.64. The summed E-state index contributed by atoms with van der Waals surface area (Å²) in [4.78, 5) is 0. The van der Waals surface area contributed by atoms with Gasteiger partial charge in [0.05, 0.1) is 11.2 Å². The van der Waals surface area contributed by atoms with Crippen molar-refractivity contribution < 1.29 is 9.31 Å². The van der Waals surface area contributed by atoms with Crippen molar-refractivity contribution in [2.75, 3.05) is 0 Å². The fourth-order valence-corrected chi connectivity index (χ4v) is 1.92. The molecule has 0 N–H and O–H groups in total. The van der Waals surface area contributed by atoms with Gasteiger partial charge in [0.1, 0.15) is 0 Å². The molecule has 0 amide bonds. The molecule has 0 unspecified atom stereocenters. The van der Waals surface area contributed by atoms with E-state index in [1.165, 1.54) is 11.1 Å². The molecule has 2 nitrogen and oxygen atoms in total. The maximum Gasteiger partial charge on any atom is 0.487 e. The summed E-state index contributed by atoms with van der Waals surface area (Å²) < 4.78 is 11.8. The molecule has 2 rings (SSSR count). The maximum absolute atomic E-state index is 5.92. The third-order valence-corrected chi connectivity index (χ3v) is 3.89. The second-order valence-electron chi connectivity index (χ2n) is 5.84. The van der Waals surface area contributed by atoms with Gasteiger partial charge >= 0.3 is 7.12 Å². The van der Waals surface area contributed by atoms with Gasteiger partial charge in [-0.15, -0.1) is 0 Å². The van der Waals surface area contributed by atoms with Crippen LogP contribution in [0.4, 0.5) is 0 Å². The van der Waals surface area contributed by atoms with E-state index in [9.17, 15) is 0 Å². The minimum absolute atomic E-state index is 0.269. The van der Waals surface area contributed by atoms with Crippen LogP contribution >= 0.6 is 0 Å². The van der Waals surface area contributed by atoms with E-state index in [1.54, 1.807) is 0 Å². The Labute approximate surface area is 110 Å². The molecule has 1 aromatic carbocycles. The first kappa shape index (κ1) is 13.4. The van der Waals surface area contributed by atoms with Crippen molar-refractivity contribution in [2.45, 2.75) is 45.8 Å². The Morgan fingerprint density at radius 1 is 1.00 bits per heavy atom. The third-order valence-electron chi connectivity index (χ3n) is 3.89. The molecule has 0 aliphatic carbocycles. The number of benzene rings is 1. The van der Waals surface area contributed by atoms with E-state index in [0.29, 0.717) is 0 Å². The second kappa shape index (κ2) is 4.56. The van der Waals surface area contributed by atoms with Crippen LogP contribution in [0.1, 0.15) is 38.8 Å². The van der Waals surface area contributed by atoms with Gasteiger partial charge in [0.15, 0.2) is 0 Å². The van der Waals surface area contributed by atoms with E-state index >= 15 is 0 Å². The van der Waals surface area contributed by atoms with Crippen molar-refractivity contribution in [3.05, 3.63) is 41.4 Å². The highest BCUT2D eigenvalue weighted by molar-refractivity contribution is 6.52. The molecule has 96 valence electrons. The predicted molar refractivity (Wildman–Crippen MR) is 76.3 cm³/mol. The summed E-state index contributed by atoms with van der Waals surface area (Å²) in [7, 11) is -0.269. The van der Waals surface area contributed by atoms with Crippen molar-refractivity contribution in [1.29, 1.82) is 0 Å². The highest BCUT2D eigenvalue weighted by Gasteiger charge is 2.49. The minimum atomic E-state index is -0.270. The molecule has 1 aromatic rings. The van der Waals surface area contributed by atoms with Gasteiger partial charge < -0.3 is 9.31 Å². The maximum atomic E-state index is 5.92. The zero-order valence-electron chi connectivity index (χ0n) is 11.9. The Hall–Kier alpha value is -1.06. The fraction of sp³-hybridized carbons (Fsp3) is 0.467. The first-order chi connectivity index (χ1) is 8.32. The molecule has 1 aliphatic rings.